The minimum atomic E-state index is 0.0548. The average molecular weight is 298 g/mol. The molecule has 116 valence electrons. The van der Waals surface area contributed by atoms with E-state index >= 15 is 0 Å². The van der Waals surface area contributed by atoms with E-state index in [-0.39, 0.29) is 5.78 Å². The van der Waals surface area contributed by atoms with Gasteiger partial charge in [0.15, 0.2) is 5.78 Å². The molecule has 5 nitrogen and oxygen atoms in total. The molecule has 22 heavy (non-hydrogen) atoms. The van der Waals surface area contributed by atoms with Crippen molar-refractivity contribution < 1.29 is 4.79 Å². The zero-order valence-electron chi connectivity index (χ0n) is 13.3. The lowest BCUT2D eigenvalue weighted by molar-refractivity contribution is 0.101. The second-order valence-electron chi connectivity index (χ2n) is 5.63. The van der Waals surface area contributed by atoms with Crippen LogP contribution < -0.4 is 10.6 Å². The molecule has 0 aliphatic carbocycles. The van der Waals surface area contributed by atoms with Crippen molar-refractivity contribution in [3.05, 3.63) is 42.1 Å². The van der Waals surface area contributed by atoms with Crippen LogP contribution in [0.5, 0.6) is 0 Å². The van der Waals surface area contributed by atoms with Gasteiger partial charge in [-0.25, -0.2) is 4.98 Å². The smallest absolute Gasteiger partial charge is 0.229 e. The fourth-order valence-corrected chi connectivity index (χ4v) is 1.92. The third-order valence-electron chi connectivity index (χ3n) is 3.23. The summed E-state index contributed by atoms with van der Waals surface area (Å²) in [5, 5.41) is 6.43. The van der Waals surface area contributed by atoms with Crippen LogP contribution in [0, 0.1) is 5.92 Å². The molecule has 0 atom stereocenters. The summed E-state index contributed by atoms with van der Waals surface area (Å²) in [6, 6.07) is 9.12. The molecule has 0 amide bonds. The number of nitrogens with one attached hydrogen (secondary N) is 2. The quantitative estimate of drug-likeness (QED) is 0.759. The number of rotatable bonds is 7. The molecule has 2 N–H and O–H groups in total. The number of hydrogen-bond donors (Lipinski definition) is 2. The molecule has 0 unspecified atom stereocenters. The van der Waals surface area contributed by atoms with Crippen LogP contribution in [0.1, 0.15) is 37.6 Å². The normalized spacial score (nSPS) is 10.5. The van der Waals surface area contributed by atoms with Gasteiger partial charge in [-0.1, -0.05) is 13.8 Å². The minimum absolute atomic E-state index is 0.0548. The Morgan fingerprint density at radius 3 is 2.55 bits per heavy atom. The van der Waals surface area contributed by atoms with Gasteiger partial charge in [0, 0.05) is 24.0 Å². The van der Waals surface area contributed by atoms with E-state index in [1.54, 1.807) is 25.3 Å². The largest absolute Gasteiger partial charge is 0.370 e. The predicted octanol–water partition coefficient (Wildman–Crippen LogP) is 3.88. The number of anilines is 3. The Labute approximate surface area is 131 Å². The fraction of sp³-hybridized carbons (Fsp3) is 0.353. The second kappa shape index (κ2) is 7.54. The second-order valence-corrected chi connectivity index (χ2v) is 5.63. The molecule has 1 aromatic heterocycles. The molecular weight excluding hydrogens is 276 g/mol. The van der Waals surface area contributed by atoms with Gasteiger partial charge in [-0.2, -0.15) is 4.98 Å². The number of benzene rings is 1. The van der Waals surface area contributed by atoms with Crippen molar-refractivity contribution in [2.45, 2.75) is 27.2 Å². The number of nitrogens with zero attached hydrogens (tertiary/aromatic N) is 2. The van der Waals surface area contributed by atoms with Crippen LogP contribution in [-0.4, -0.2) is 22.3 Å². The molecule has 0 aliphatic rings. The van der Waals surface area contributed by atoms with E-state index in [9.17, 15) is 4.79 Å². The molecule has 0 spiro atoms. The SMILES string of the molecule is CC(=O)c1ccc(Nc2nccc(NCCC(C)C)n2)cc1. The van der Waals surface area contributed by atoms with Gasteiger partial charge in [0.2, 0.25) is 5.95 Å². The van der Waals surface area contributed by atoms with E-state index in [0.29, 0.717) is 17.4 Å². The Hall–Kier alpha value is -2.43. The van der Waals surface area contributed by atoms with E-state index in [0.717, 1.165) is 24.5 Å². The summed E-state index contributed by atoms with van der Waals surface area (Å²) in [7, 11) is 0. The number of Topliss-reactive ketones (excluding diaryl/α,β-unsaturated/α-hetero) is 1. The Kier molecular flexibility index (Phi) is 5.47. The number of carbonyl (C=O) groups is 1. The lowest BCUT2D eigenvalue weighted by Gasteiger charge is -2.09. The first kappa shape index (κ1) is 15.9. The van der Waals surface area contributed by atoms with E-state index < -0.39 is 0 Å². The summed E-state index contributed by atoms with van der Waals surface area (Å²) >= 11 is 0. The van der Waals surface area contributed by atoms with Crippen molar-refractivity contribution in [3.63, 3.8) is 0 Å². The van der Waals surface area contributed by atoms with Crippen LogP contribution in [0.3, 0.4) is 0 Å². The highest BCUT2D eigenvalue weighted by molar-refractivity contribution is 5.94. The molecule has 0 radical (unpaired) electrons. The van der Waals surface area contributed by atoms with Gasteiger partial charge in [0.1, 0.15) is 5.82 Å². The van der Waals surface area contributed by atoms with Crippen LogP contribution in [0.15, 0.2) is 36.5 Å². The maximum atomic E-state index is 11.3. The highest BCUT2D eigenvalue weighted by atomic mass is 16.1. The Bertz CT molecular complexity index is 623. The highest BCUT2D eigenvalue weighted by Crippen LogP contribution is 2.15. The third-order valence-corrected chi connectivity index (χ3v) is 3.23. The van der Waals surface area contributed by atoms with Crippen LogP contribution in [0.4, 0.5) is 17.5 Å². The monoisotopic (exact) mass is 298 g/mol. The van der Waals surface area contributed by atoms with E-state index in [1.165, 1.54) is 0 Å². The molecule has 1 heterocycles. The van der Waals surface area contributed by atoms with Crippen molar-refractivity contribution in [3.8, 4) is 0 Å². The molecular formula is C17H22N4O. The average Bonchev–Trinajstić information content (AvgIpc) is 2.48. The molecule has 2 aromatic rings. The topological polar surface area (TPSA) is 66.9 Å². The number of aromatic nitrogens is 2. The van der Waals surface area contributed by atoms with Crippen molar-refractivity contribution >= 4 is 23.2 Å². The number of ketones is 1. The van der Waals surface area contributed by atoms with Gasteiger partial charge in [0.25, 0.3) is 0 Å². The van der Waals surface area contributed by atoms with E-state index in [4.69, 9.17) is 0 Å². The standard InChI is InChI=1S/C17H22N4O/c1-12(2)8-10-18-16-9-11-19-17(21-16)20-15-6-4-14(5-7-15)13(3)22/h4-7,9,11-12H,8,10H2,1-3H3,(H2,18,19,20,21). The molecule has 0 bridgehead atoms. The summed E-state index contributed by atoms with van der Waals surface area (Å²) in [5.41, 5.74) is 1.54. The Morgan fingerprint density at radius 2 is 1.91 bits per heavy atom. The first-order chi connectivity index (χ1) is 10.5. The molecule has 1 aromatic carbocycles. The molecule has 0 saturated heterocycles. The summed E-state index contributed by atoms with van der Waals surface area (Å²) in [6.07, 6.45) is 2.82. The fourth-order valence-electron chi connectivity index (χ4n) is 1.92. The first-order valence-corrected chi connectivity index (χ1v) is 7.49. The molecule has 5 heteroatoms. The van der Waals surface area contributed by atoms with Crippen molar-refractivity contribution in [1.82, 2.24) is 9.97 Å². The number of carbonyl (C=O) groups excluding carboxylic acids is 1. The van der Waals surface area contributed by atoms with Crippen molar-refractivity contribution in [1.29, 1.82) is 0 Å². The van der Waals surface area contributed by atoms with Crippen LogP contribution in [0.25, 0.3) is 0 Å². The maximum Gasteiger partial charge on any atom is 0.229 e. The highest BCUT2D eigenvalue weighted by Gasteiger charge is 2.02. The lowest BCUT2D eigenvalue weighted by atomic mass is 10.1. The van der Waals surface area contributed by atoms with Gasteiger partial charge in [-0.3, -0.25) is 4.79 Å². The maximum absolute atomic E-state index is 11.3. The molecule has 0 aliphatic heterocycles. The lowest BCUT2D eigenvalue weighted by Crippen LogP contribution is -2.07. The van der Waals surface area contributed by atoms with Crippen LogP contribution in [-0.2, 0) is 0 Å². The minimum Gasteiger partial charge on any atom is -0.370 e. The van der Waals surface area contributed by atoms with Gasteiger partial charge in [0.05, 0.1) is 0 Å². The van der Waals surface area contributed by atoms with E-state index in [1.807, 2.05) is 18.2 Å². The van der Waals surface area contributed by atoms with Gasteiger partial charge < -0.3 is 10.6 Å². The van der Waals surface area contributed by atoms with Gasteiger partial charge in [-0.15, -0.1) is 0 Å². The van der Waals surface area contributed by atoms with Gasteiger partial charge >= 0.3 is 0 Å². The Morgan fingerprint density at radius 1 is 1.18 bits per heavy atom. The van der Waals surface area contributed by atoms with Gasteiger partial charge in [-0.05, 0) is 49.6 Å². The summed E-state index contributed by atoms with van der Waals surface area (Å²) in [5.74, 6) is 2.05. The summed E-state index contributed by atoms with van der Waals surface area (Å²) < 4.78 is 0. The number of hydrogen-bond acceptors (Lipinski definition) is 5. The van der Waals surface area contributed by atoms with Crippen LogP contribution in [0.2, 0.25) is 0 Å². The first-order valence-electron chi connectivity index (χ1n) is 7.49. The van der Waals surface area contributed by atoms with Crippen molar-refractivity contribution in [2.24, 2.45) is 5.92 Å². The zero-order valence-corrected chi connectivity index (χ0v) is 13.3. The summed E-state index contributed by atoms with van der Waals surface area (Å²) in [4.78, 5) is 19.9. The van der Waals surface area contributed by atoms with Crippen molar-refractivity contribution in [2.75, 3.05) is 17.2 Å². The predicted molar refractivity (Wildman–Crippen MR) is 89.7 cm³/mol. The van der Waals surface area contributed by atoms with Crippen LogP contribution >= 0.6 is 0 Å². The molecule has 0 fully saturated rings. The molecule has 2 rings (SSSR count). The van der Waals surface area contributed by atoms with E-state index in [2.05, 4.69) is 34.4 Å². The third kappa shape index (κ3) is 4.84. The molecule has 0 saturated carbocycles. The zero-order chi connectivity index (χ0) is 15.9. The Balaban J connectivity index is 1.99. The summed E-state index contributed by atoms with van der Waals surface area (Å²) in [6.45, 7) is 6.83.